The van der Waals surface area contributed by atoms with Crippen LogP contribution < -0.4 is 5.56 Å². The van der Waals surface area contributed by atoms with Crippen LogP contribution in [0.5, 0.6) is 0 Å². The molecule has 28 heavy (non-hydrogen) atoms. The molecular formula is C19H16ClF3N2O2S. The average molecular weight is 429 g/mol. The zero-order chi connectivity index (χ0) is 20.6. The molecule has 0 N–H and O–H groups in total. The Bertz CT molecular complexity index is 1080. The van der Waals surface area contributed by atoms with Gasteiger partial charge >= 0.3 is 6.18 Å². The first-order valence-corrected chi connectivity index (χ1v) is 9.53. The number of hydrogen-bond acceptors (Lipinski definition) is 3. The Hall–Kier alpha value is -2.32. The number of nitrogens with zero attached hydrogens (tertiary/aromatic N) is 2. The summed E-state index contributed by atoms with van der Waals surface area (Å²) in [6.07, 6.45) is -4.05. The highest BCUT2D eigenvalue weighted by atomic mass is 35.5. The third-order valence-corrected chi connectivity index (χ3v) is 5.58. The first-order chi connectivity index (χ1) is 13.1. The summed E-state index contributed by atoms with van der Waals surface area (Å²) in [4.78, 5) is 25.9. The van der Waals surface area contributed by atoms with Crippen LogP contribution in [0.25, 0.3) is 0 Å². The first-order valence-electron chi connectivity index (χ1n) is 8.27. The maximum absolute atomic E-state index is 13.0. The van der Waals surface area contributed by atoms with E-state index in [1.807, 2.05) is 29.0 Å². The zero-order valence-corrected chi connectivity index (χ0v) is 16.6. The normalized spacial score (nSPS) is 11.8. The molecule has 3 heterocycles. The number of ketones is 1. The van der Waals surface area contributed by atoms with Crippen molar-refractivity contribution in [3.63, 3.8) is 0 Å². The number of carbonyl (C=O) groups excluding carboxylic acids is 1. The number of halogens is 4. The molecule has 0 atom stereocenters. The second-order valence-electron chi connectivity index (χ2n) is 6.38. The van der Waals surface area contributed by atoms with Gasteiger partial charge in [-0.05, 0) is 37.4 Å². The van der Waals surface area contributed by atoms with E-state index < -0.39 is 34.6 Å². The van der Waals surface area contributed by atoms with E-state index in [-0.39, 0.29) is 0 Å². The Balaban J connectivity index is 1.92. The molecule has 3 rings (SSSR count). The molecule has 0 fully saturated rings. The highest BCUT2D eigenvalue weighted by Gasteiger charge is 2.32. The Morgan fingerprint density at radius 3 is 2.57 bits per heavy atom. The fourth-order valence-corrected chi connectivity index (χ4v) is 3.92. The highest BCUT2D eigenvalue weighted by molar-refractivity contribution is 7.09. The number of carbonyl (C=O) groups is 1. The number of aryl methyl sites for hydroxylation is 1. The third-order valence-electron chi connectivity index (χ3n) is 4.45. The molecule has 0 aliphatic carbocycles. The topological polar surface area (TPSA) is 44.0 Å². The van der Waals surface area contributed by atoms with Gasteiger partial charge in [-0.2, -0.15) is 13.2 Å². The van der Waals surface area contributed by atoms with Gasteiger partial charge in [-0.1, -0.05) is 17.7 Å². The standard InChI is InChI=1S/C19H16ClF3N2O2S/c1-11-6-15(12(2)25(11)9-14-4-3-5-28-14)17(26)10-24-8-13(19(21,22)23)7-16(20)18(24)27/h3-8H,9-10H2,1-2H3. The summed E-state index contributed by atoms with van der Waals surface area (Å²) < 4.78 is 41.6. The number of alkyl halides is 3. The minimum Gasteiger partial charge on any atom is -0.343 e. The maximum Gasteiger partial charge on any atom is 0.417 e. The molecule has 0 aliphatic heterocycles. The quantitative estimate of drug-likeness (QED) is 0.541. The van der Waals surface area contributed by atoms with Gasteiger partial charge in [0.25, 0.3) is 5.56 Å². The van der Waals surface area contributed by atoms with E-state index in [0.717, 1.165) is 10.6 Å². The summed E-state index contributed by atoms with van der Waals surface area (Å²) in [5, 5.41) is 1.38. The van der Waals surface area contributed by atoms with E-state index in [1.54, 1.807) is 24.3 Å². The van der Waals surface area contributed by atoms with Crippen LogP contribution in [0.2, 0.25) is 5.02 Å². The number of thiophene rings is 1. The highest BCUT2D eigenvalue weighted by Crippen LogP contribution is 2.29. The van der Waals surface area contributed by atoms with E-state index in [2.05, 4.69) is 0 Å². The van der Waals surface area contributed by atoms with E-state index in [9.17, 15) is 22.8 Å². The van der Waals surface area contributed by atoms with Crippen LogP contribution in [0, 0.1) is 13.8 Å². The summed E-state index contributed by atoms with van der Waals surface area (Å²) in [5.41, 5.74) is 0.00339. The SMILES string of the molecule is Cc1cc(C(=O)Cn2cc(C(F)(F)F)cc(Cl)c2=O)c(C)n1Cc1cccs1. The largest absolute Gasteiger partial charge is 0.417 e. The van der Waals surface area contributed by atoms with Crippen LogP contribution >= 0.6 is 22.9 Å². The van der Waals surface area contributed by atoms with Crippen molar-refractivity contribution in [2.75, 3.05) is 0 Å². The van der Waals surface area contributed by atoms with Gasteiger partial charge in [0.05, 0.1) is 18.7 Å². The molecule has 148 valence electrons. The molecule has 4 nitrogen and oxygen atoms in total. The van der Waals surface area contributed by atoms with E-state index >= 15 is 0 Å². The molecule has 0 unspecified atom stereocenters. The fourth-order valence-electron chi connectivity index (χ4n) is 3.00. The molecule has 3 aromatic rings. The predicted octanol–water partition coefficient (Wildman–Crippen LogP) is 4.93. The number of hydrogen-bond donors (Lipinski definition) is 0. The van der Waals surface area contributed by atoms with Gasteiger partial charge in [0, 0.05) is 28.0 Å². The van der Waals surface area contributed by atoms with Crippen molar-refractivity contribution < 1.29 is 18.0 Å². The van der Waals surface area contributed by atoms with Crippen LogP contribution in [-0.2, 0) is 19.3 Å². The van der Waals surface area contributed by atoms with E-state index in [4.69, 9.17) is 11.6 Å². The van der Waals surface area contributed by atoms with E-state index in [1.165, 1.54) is 0 Å². The number of rotatable bonds is 5. The van der Waals surface area contributed by atoms with Crippen LogP contribution in [0.1, 0.15) is 32.2 Å². The Labute approximate surface area is 167 Å². The molecule has 0 amide bonds. The van der Waals surface area contributed by atoms with Crippen molar-refractivity contribution in [2.45, 2.75) is 33.1 Å². The summed E-state index contributed by atoms with van der Waals surface area (Å²) in [6.45, 7) is 3.70. The van der Waals surface area contributed by atoms with Gasteiger partial charge in [-0.25, -0.2) is 0 Å². The molecule has 0 saturated heterocycles. The van der Waals surface area contributed by atoms with Crippen molar-refractivity contribution >= 4 is 28.7 Å². The molecule has 0 radical (unpaired) electrons. The smallest absolute Gasteiger partial charge is 0.343 e. The van der Waals surface area contributed by atoms with Crippen molar-refractivity contribution in [1.29, 1.82) is 0 Å². The second-order valence-corrected chi connectivity index (χ2v) is 7.82. The molecule has 0 aliphatic rings. The van der Waals surface area contributed by atoms with Crippen LogP contribution in [0.4, 0.5) is 13.2 Å². The molecule has 9 heteroatoms. The van der Waals surface area contributed by atoms with Crippen molar-refractivity contribution in [2.24, 2.45) is 0 Å². The summed E-state index contributed by atoms with van der Waals surface area (Å²) in [6, 6.07) is 6.17. The minimum absolute atomic E-state index is 0.370. The summed E-state index contributed by atoms with van der Waals surface area (Å²) in [5.74, 6) is -0.456. The first kappa shape index (κ1) is 20.4. The average Bonchev–Trinajstić information content (AvgIpc) is 3.21. The summed E-state index contributed by atoms with van der Waals surface area (Å²) in [7, 11) is 0. The van der Waals surface area contributed by atoms with Gasteiger partial charge in [0.1, 0.15) is 5.02 Å². The molecule has 0 spiro atoms. The maximum atomic E-state index is 13.0. The lowest BCUT2D eigenvalue weighted by molar-refractivity contribution is -0.138. The Morgan fingerprint density at radius 2 is 1.96 bits per heavy atom. The lowest BCUT2D eigenvalue weighted by atomic mass is 10.1. The number of aromatic nitrogens is 2. The Kier molecular flexibility index (Phi) is 5.54. The molecule has 0 bridgehead atoms. The zero-order valence-electron chi connectivity index (χ0n) is 15.0. The van der Waals surface area contributed by atoms with Gasteiger partial charge < -0.3 is 9.13 Å². The minimum atomic E-state index is -4.67. The van der Waals surface area contributed by atoms with Crippen molar-refractivity contribution in [3.8, 4) is 0 Å². The third kappa shape index (κ3) is 4.07. The van der Waals surface area contributed by atoms with Gasteiger partial charge in [-0.15, -0.1) is 11.3 Å². The lowest BCUT2D eigenvalue weighted by Crippen LogP contribution is -2.26. The van der Waals surface area contributed by atoms with Crippen LogP contribution in [0.3, 0.4) is 0 Å². The molecular weight excluding hydrogens is 413 g/mol. The molecule has 3 aromatic heterocycles. The predicted molar refractivity (Wildman–Crippen MR) is 102 cm³/mol. The number of pyridine rings is 1. The summed E-state index contributed by atoms with van der Waals surface area (Å²) >= 11 is 7.24. The lowest BCUT2D eigenvalue weighted by Gasteiger charge is -2.12. The number of Topliss-reactive ketones (excluding diaryl/α,β-unsaturated/α-hetero) is 1. The fraction of sp³-hybridized carbons (Fsp3) is 0.263. The molecule has 0 saturated carbocycles. The van der Waals surface area contributed by atoms with Gasteiger partial charge in [0.2, 0.25) is 0 Å². The Morgan fingerprint density at radius 1 is 1.25 bits per heavy atom. The van der Waals surface area contributed by atoms with Crippen LogP contribution in [-0.4, -0.2) is 14.9 Å². The van der Waals surface area contributed by atoms with Gasteiger partial charge in [-0.3, -0.25) is 9.59 Å². The van der Waals surface area contributed by atoms with Gasteiger partial charge in [0.15, 0.2) is 5.78 Å². The van der Waals surface area contributed by atoms with Crippen LogP contribution in [0.15, 0.2) is 40.6 Å². The second kappa shape index (κ2) is 7.60. The van der Waals surface area contributed by atoms with Crippen molar-refractivity contribution in [3.05, 3.63) is 78.6 Å². The van der Waals surface area contributed by atoms with E-state index in [0.29, 0.717) is 34.6 Å². The molecule has 0 aromatic carbocycles. The van der Waals surface area contributed by atoms with Crippen molar-refractivity contribution in [1.82, 2.24) is 9.13 Å². The monoisotopic (exact) mass is 428 g/mol.